The van der Waals surface area contributed by atoms with E-state index in [0.717, 1.165) is 24.6 Å². The molecular weight excluding hydrogens is 497 g/mol. The van der Waals surface area contributed by atoms with E-state index in [1.165, 1.54) is 11.0 Å². The van der Waals surface area contributed by atoms with Crippen molar-refractivity contribution in [2.45, 2.75) is 84.0 Å². The van der Waals surface area contributed by atoms with Gasteiger partial charge in [0.2, 0.25) is 0 Å². The highest BCUT2D eigenvalue weighted by atomic mass is 19.4. The van der Waals surface area contributed by atoms with E-state index in [4.69, 9.17) is 4.74 Å². The van der Waals surface area contributed by atoms with Crippen LogP contribution in [0.25, 0.3) is 16.9 Å². The minimum absolute atomic E-state index is 0.0842. The molecule has 4 rings (SSSR count). The monoisotopic (exact) mass is 532 g/mol. The largest absolute Gasteiger partial charge is 0.491 e. The Bertz CT molecular complexity index is 1330. The van der Waals surface area contributed by atoms with Gasteiger partial charge in [0.25, 0.3) is 0 Å². The number of alkyl halides is 3. The van der Waals surface area contributed by atoms with Gasteiger partial charge in [0.15, 0.2) is 5.65 Å². The van der Waals surface area contributed by atoms with Crippen LogP contribution in [0.2, 0.25) is 0 Å². The number of fused-ring (bicyclic) bond motifs is 1. The number of hydrogen-bond acceptors (Lipinski definition) is 4. The predicted octanol–water partition coefficient (Wildman–Crippen LogP) is 7.25. The van der Waals surface area contributed by atoms with Gasteiger partial charge in [0.1, 0.15) is 12.4 Å². The number of carbonyl (C=O) groups is 1. The van der Waals surface area contributed by atoms with Crippen LogP contribution in [0.4, 0.5) is 18.0 Å². The van der Waals surface area contributed by atoms with Crippen LogP contribution in [0.5, 0.6) is 5.75 Å². The lowest BCUT2D eigenvalue weighted by Crippen LogP contribution is -2.61. The molecule has 0 spiro atoms. The van der Waals surface area contributed by atoms with Gasteiger partial charge in [-0.15, -0.1) is 0 Å². The Kier molecular flexibility index (Phi) is 7.14. The van der Waals surface area contributed by atoms with Crippen molar-refractivity contribution < 1.29 is 27.8 Å². The number of hydrogen-bond donors (Lipinski definition) is 1. The highest BCUT2D eigenvalue weighted by Gasteiger charge is 2.44. The molecule has 206 valence electrons. The quantitative estimate of drug-likeness (QED) is 0.330. The number of nitrogens with zero attached hydrogens (tertiary/aromatic N) is 4. The van der Waals surface area contributed by atoms with Gasteiger partial charge in [-0.05, 0) is 77.1 Å². The number of ether oxygens (including phenoxy) is 1. The van der Waals surface area contributed by atoms with Crippen LogP contribution in [-0.2, 0) is 6.18 Å². The summed E-state index contributed by atoms with van der Waals surface area (Å²) in [5.41, 5.74) is -0.482. The lowest BCUT2D eigenvalue weighted by atomic mass is 9.86. The number of carboxylic acid groups (broad SMARTS) is 1. The second-order valence-electron chi connectivity index (χ2n) is 11.8. The number of amides is 1. The van der Waals surface area contributed by atoms with E-state index in [2.05, 4.69) is 10.1 Å². The smallest absolute Gasteiger partial charge is 0.419 e. The molecule has 0 unspecified atom stereocenters. The van der Waals surface area contributed by atoms with E-state index in [1.807, 2.05) is 19.9 Å². The maximum Gasteiger partial charge on any atom is 0.419 e. The molecule has 1 aromatic carbocycles. The molecule has 0 bridgehead atoms. The SMILES string of the molecule is CC(C)C[C@@](C)(COc1ccc(-c2ccnc3cc(C4CC4)nn23)cc1C(F)(F)F)N(C(=O)O)C(C)(C)C. The first-order valence-electron chi connectivity index (χ1n) is 12.8. The maximum atomic E-state index is 14.3. The van der Waals surface area contributed by atoms with E-state index < -0.39 is 28.9 Å². The Morgan fingerprint density at radius 2 is 1.84 bits per heavy atom. The van der Waals surface area contributed by atoms with Crippen molar-refractivity contribution in [3.63, 3.8) is 0 Å². The third-order valence-corrected chi connectivity index (χ3v) is 6.74. The molecule has 1 N–H and O–H groups in total. The average Bonchev–Trinajstić information content (AvgIpc) is 3.53. The van der Waals surface area contributed by atoms with Gasteiger partial charge in [0.05, 0.1) is 22.5 Å². The highest BCUT2D eigenvalue weighted by molar-refractivity contribution is 5.67. The van der Waals surface area contributed by atoms with Crippen LogP contribution in [0, 0.1) is 5.92 Å². The number of rotatable bonds is 8. The zero-order valence-electron chi connectivity index (χ0n) is 22.6. The second-order valence-corrected chi connectivity index (χ2v) is 11.8. The van der Waals surface area contributed by atoms with Crippen LogP contribution in [0.15, 0.2) is 36.5 Å². The molecule has 1 fully saturated rings. The molecule has 1 atom stereocenters. The Labute approximate surface area is 220 Å². The fourth-order valence-corrected chi connectivity index (χ4v) is 5.40. The van der Waals surface area contributed by atoms with Crippen LogP contribution >= 0.6 is 0 Å². The van der Waals surface area contributed by atoms with E-state index in [0.29, 0.717) is 29.2 Å². The first-order chi connectivity index (χ1) is 17.6. The summed E-state index contributed by atoms with van der Waals surface area (Å²) in [7, 11) is 0. The van der Waals surface area contributed by atoms with Crippen LogP contribution in [0.1, 0.15) is 78.0 Å². The van der Waals surface area contributed by atoms with Crippen molar-refractivity contribution >= 4 is 11.7 Å². The lowest BCUT2D eigenvalue weighted by molar-refractivity contribution is -0.139. The van der Waals surface area contributed by atoms with Gasteiger partial charge in [-0.25, -0.2) is 14.3 Å². The summed E-state index contributed by atoms with van der Waals surface area (Å²) in [6.45, 7) is 10.6. The van der Waals surface area contributed by atoms with E-state index in [1.54, 1.807) is 50.5 Å². The summed E-state index contributed by atoms with van der Waals surface area (Å²) >= 11 is 0. The fourth-order valence-electron chi connectivity index (χ4n) is 5.40. The van der Waals surface area contributed by atoms with Crippen LogP contribution in [-0.4, -0.2) is 48.4 Å². The third-order valence-electron chi connectivity index (χ3n) is 6.74. The van der Waals surface area contributed by atoms with Gasteiger partial charge < -0.3 is 9.84 Å². The van der Waals surface area contributed by atoms with Gasteiger partial charge in [-0.2, -0.15) is 18.3 Å². The van der Waals surface area contributed by atoms with Crippen molar-refractivity contribution in [3.05, 3.63) is 47.8 Å². The Morgan fingerprint density at radius 1 is 1.16 bits per heavy atom. The Morgan fingerprint density at radius 3 is 2.39 bits per heavy atom. The first-order valence-corrected chi connectivity index (χ1v) is 12.8. The van der Waals surface area contributed by atoms with Gasteiger partial charge >= 0.3 is 12.3 Å². The minimum Gasteiger partial charge on any atom is -0.491 e. The number of benzene rings is 1. The third kappa shape index (κ3) is 5.73. The first kappa shape index (κ1) is 27.7. The molecule has 0 aliphatic heterocycles. The minimum atomic E-state index is -4.69. The standard InChI is InChI=1S/C28H35F3N4O3/c1-17(2)15-27(6,35(25(36)37)26(3,4)5)16-38-23-10-9-19(13-20(23)28(29,30)31)22-11-12-32-24-14-21(18-7-8-18)33-34(22)24/h9-14,17-18H,7-8,15-16H2,1-6H3,(H,36,37)/t27-/m0/s1. The van der Waals surface area contributed by atoms with Gasteiger partial charge in [-0.1, -0.05) is 13.8 Å². The molecule has 1 aliphatic carbocycles. The summed E-state index contributed by atoms with van der Waals surface area (Å²) in [5.74, 6) is 0.116. The van der Waals surface area contributed by atoms with Crippen LogP contribution < -0.4 is 4.74 Å². The maximum absolute atomic E-state index is 14.3. The Balaban J connectivity index is 1.71. The molecule has 10 heteroatoms. The molecule has 38 heavy (non-hydrogen) atoms. The summed E-state index contributed by atoms with van der Waals surface area (Å²) in [6.07, 6.45) is -1.77. The molecule has 0 radical (unpaired) electrons. The molecule has 1 saturated carbocycles. The zero-order chi connectivity index (χ0) is 28.0. The summed E-state index contributed by atoms with van der Waals surface area (Å²) in [6, 6.07) is 7.44. The topological polar surface area (TPSA) is 80.0 Å². The van der Waals surface area contributed by atoms with E-state index in [9.17, 15) is 23.1 Å². The van der Waals surface area contributed by atoms with Gasteiger partial charge in [0, 0.05) is 29.3 Å². The van der Waals surface area contributed by atoms with E-state index >= 15 is 0 Å². The Hall–Kier alpha value is -3.30. The van der Waals surface area contributed by atoms with Crippen molar-refractivity contribution in [1.82, 2.24) is 19.5 Å². The predicted molar refractivity (Wildman–Crippen MR) is 138 cm³/mol. The van der Waals surface area contributed by atoms with Crippen molar-refractivity contribution in [1.29, 1.82) is 0 Å². The zero-order valence-corrected chi connectivity index (χ0v) is 22.6. The van der Waals surface area contributed by atoms with Crippen LogP contribution in [0.3, 0.4) is 0 Å². The highest BCUT2D eigenvalue weighted by Crippen LogP contribution is 2.42. The number of aromatic nitrogens is 3. The van der Waals surface area contributed by atoms with Gasteiger partial charge in [-0.3, -0.25) is 4.90 Å². The molecule has 7 nitrogen and oxygen atoms in total. The fraction of sp³-hybridized carbons (Fsp3) is 0.536. The second kappa shape index (κ2) is 9.78. The molecule has 1 amide bonds. The summed E-state index contributed by atoms with van der Waals surface area (Å²) in [5, 5.41) is 14.6. The molecule has 2 aromatic heterocycles. The van der Waals surface area contributed by atoms with Crippen molar-refractivity contribution in [2.75, 3.05) is 6.61 Å². The molecule has 1 aliphatic rings. The van der Waals surface area contributed by atoms with Crippen molar-refractivity contribution in [2.24, 2.45) is 5.92 Å². The molecule has 3 aromatic rings. The van der Waals surface area contributed by atoms with E-state index in [-0.39, 0.29) is 18.3 Å². The molecular formula is C28H35F3N4O3. The average molecular weight is 533 g/mol. The normalized spacial score (nSPS) is 16.1. The molecule has 2 heterocycles. The summed E-state index contributed by atoms with van der Waals surface area (Å²) in [4.78, 5) is 17.8. The summed E-state index contributed by atoms with van der Waals surface area (Å²) < 4.78 is 50.2. The lowest BCUT2D eigenvalue weighted by Gasteiger charge is -2.47. The van der Waals surface area contributed by atoms with Crippen molar-refractivity contribution in [3.8, 4) is 17.0 Å². The number of halogens is 3. The molecule has 0 saturated heterocycles.